The molecule has 0 bridgehead atoms. The Bertz CT molecular complexity index is 629. The number of ether oxygens (including phenoxy) is 3. The summed E-state index contributed by atoms with van der Waals surface area (Å²) in [4.78, 5) is 0.936. The van der Waals surface area contributed by atoms with E-state index in [4.69, 9.17) is 31.5 Å². The zero-order valence-electron chi connectivity index (χ0n) is 10.9. The van der Waals surface area contributed by atoms with E-state index in [2.05, 4.69) is 0 Å². The van der Waals surface area contributed by atoms with Crippen molar-refractivity contribution in [3.8, 4) is 17.2 Å². The summed E-state index contributed by atoms with van der Waals surface area (Å²) in [6.45, 7) is 1.07. The topological polar surface area (TPSA) is 53.7 Å². The number of rotatable bonds is 3. The Morgan fingerprint density at radius 1 is 1.30 bits per heavy atom. The Labute approximate surface area is 126 Å². The van der Waals surface area contributed by atoms with E-state index in [0.29, 0.717) is 29.7 Å². The van der Waals surface area contributed by atoms with Crippen LogP contribution < -0.4 is 19.9 Å². The Morgan fingerprint density at radius 2 is 2.00 bits per heavy atom. The van der Waals surface area contributed by atoms with E-state index < -0.39 is 0 Å². The van der Waals surface area contributed by atoms with Gasteiger partial charge in [-0.1, -0.05) is 11.6 Å². The number of thiophene rings is 1. The SMILES string of the molecule is COc1ccsc1C(N)c1cc2c(cc1Cl)OCCO2. The summed E-state index contributed by atoms with van der Waals surface area (Å²) in [5.74, 6) is 2.12. The second kappa shape index (κ2) is 5.52. The molecule has 1 aromatic carbocycles. The van der Waals surface area contributed by atoms with Gasteiger partial charge in [-0.3, -0.25) is 0 Å². The van der Waals surface area contributed by atoms with Crippen molar-refractivity contribution in [2.75, 3.05) is 20.3 Å². The van der Waals surface area contributed by atoms with Crippen LogP contribution in [0, 0.1) is 0 Å². The maximum Gasteiger partial charge on any atom is 0.162 e. The number of halogens is 1. The highest BCUT2D eigenvalue weighted by atomic mass is 35.5. The molecule has 2 N–H and O–H groups in total. The molecule has 3 rings (SSSR count). The smallest absolute Gasteiger partial charge is 0.162 e. The fourth-order valence-electron chi connectivity index (χ4n) is 2.16. The van der Waals surface area contributed by atoms with Crippen LogP contribution in [-0.2, 0) is 0 Å². The molecular weight excluding hydrogens is 298 g/mol. The van der Waals surface area contributed by atoms with Crippen molar-refractivity contribution in [1.29, 1.82) is 0 Å². The van der Waals surface area contributed by atoms with Crippen molar-refractivity contribution in [2.45, 2.75) is 6.04 Å². The summed E-state index contributed by atoms with van der Waals surface area (Å²) in [6, 6.07) is 5.14. The average Bonchev–Trinajstić information content (AvgIpc) is 2.94. The number of hydrogen-bond acceptors (Lipinski definition) is 5. The van der Waals surface area contributed by atoms with Crippen LogP contribution in [0.4, 0.5) is 0 Å². The molecule has 106 valence electrons. The molecule has 1 aliphatic heterocycles. The van der Waals surface area contributed by atoms with E-state index in [1.807, 2.05) is 17.5 Å². The molecule has 1 aliphatic rings. The van der Waals surface area contributed by atoms with Gasteiger partial charge in [-0.25, -0.2) is 0 Å². The molecule has 1 atom stereocenters. The first kappa shape index (κ1) is 13.5. The lowest BCUT2D eigenvalue weighted by atomic mass is 10.0. The van der Waals surface area contributed by atoms with Gasteiger partial charge in [0, 0.05) is 11.1 Å². The molecule has 0 saturated heterocycles. The van der Waals surface area contributed by atoms with E-state index in [1.165, 1.54) is 0 Å². The van der Waals surface area contributed by atoms with Crippen LogP contribution in [0.2, 0.25) is 5.02 Å². The normalized spacial score (nSPS) is 14.9. The zero-order chi connectivity index (χ0) is 14.1. The van der Waals surface area contributed by atoms with Gasteiger partial charge < -0.3 is 19.9 Å². The van der Waals surface area contributed by atoms with Gasteiger partial charge in [-0.15, -0.1) is 11.3 Å². The predicted octanol–water partition coefficient (Wildman–Crippen LogP) is 3.23. The number of benzene rings is 1. The summed E-state index contributed by atoms with van der Waals surface area (Å²) >= 11 is 7.86. The maximum absolute atomic E-state index is 6.32. The fraction of sp³-hybridized carbons (Fsp3) is 0.286. The molecule has 0 saturated carbocycles. The van der Waals surface area contributed by atoms with Crippen molar-refractivity contribution in [1.82, 2.24) is 0 Å². The molecule has 20 heavy (non-hydrogen) atoms. The summed E-state index contributed by atoms with van der Waals surface area (Å²) in [5, 5.41) is 2.51. The third-order valence-electron chi connectivity index (χ3n) is 3.16. The summed E-state index contributed by atoms with van der Waals surface area (Å²) < 4.78 is 16.4. The second-order valence-electron chi connectivity index (χ2n) is 4.35. The van der Waals surface area contributed by atoms with Gasteiger partial charge in [0.2, 0.25) is 0 Å². The van der Waals surface area contributed by atoms with Gasteiger partial charge >= 0.3 is 0 Å². The molecule has 1 aromatic heterocycles. The lowest BCUT2D eigenvalue weighted by molar-refractivity contribution is 0.171. The molecule has 1 unspecified atom stereocenters. The van der Waals surface area contributed by atoms with Crippen LogP contribution in [-0.4, -0.2) is 20.3 Å². The number of hydrogen-bond donors (Lipinski definition) is 1. The van der Waals surface area contributed by atoms with Gasteiger partial charge in [0.25, 0.3) is 0 Å². The summed E-state index contributed by atoms with van der Waals surface area (Å²) in [6.07, 6.45) is 0. The highest BCUT2D eigenvalue weighted by Crippen LogP contribution is 2.41. The van der Waals surface area contributed by atoms with Crippen LogP contribution in [0.3, 0.4) is 0 Å². The monoisotopic (exact) mass is 311 g/mol. The van der Waals surface area contributed by atoms with E-state index in [9.17, 15) is 0 Å². The number of nitrogens with two attached hydrogens (primary N) is 1. The molecule has 2 aromatic rings. The van der Waals surface area contributed by atoms with E-state index in [-0.39, 0.29) is 6.04 Å². The predicted molar refractivity (Wildman–Crippen MR) is 79.3 cm³/mol. The highest BCUT2D eigenvalue weighted by molar-refractivity contribution is 7.10. The van der Waals surface area contributed by atoms with Crippen molar-refractivity contribution in [3.05, 3.63) is 39.0 Å². The van der Waals surface area contributed by atoms with E-state index in [1.54, 1.807) is 24.5 Å². The van der Waals surface area contributed by atoms with Crippen molar-refractivity contribution < 1.29 is 14.2 Å². The minimum atomic E-state index is -0.353. The summed E-state index contributed by atoms with van der Waals surface area (Å²) in [5.41, 5.74) is 7.12. The van der Waals surface area contributed by atoms with Crippen LogP contribution in [0.25, 0.3) is 0 Å². The average molecular weight is 312 g/mol. The van der Waals surface area contributed by atoms with Crippen molar-refractivity contribution in [2.24, 2.45) is 5.73 Å². The van der Waals surface area contributed by atoms with Gasteiger partial charge in [0.05, 0.1) is 18.0 Å². The zero-order valence-corrected chi connectivity index (χ0v) is 12.5. The highest BCUT2D eigenvalue weighted by Gasteiger charge is 2.22. The van der Waals surface area contributed by atoms with Crippen molar-refractivity contribution in [3.63, 3.8) is 0 Å². The van der Waals surface area contributed by atoms with E-state index >= 15 is 0 Å². The van der Waals surface area contributed by atoms with Gasteiger partial charge in [0.15, 0.2) is 11.5 Å². The van der Waals surface area contributed by atoms with Gasteiger partial charge in [-0.05, 0) is 23.1 Å². The van der Waals surface area contributed by atoms with Gasteiger partial charge in [0.1, 0.15) is 19.0 Å². The standard InChI is InChI=1S/C14H14ClNO3S/c1-17-10-2-5-20-14(10)13(16)8-6-11-12(7-9(8)15)19-4-3-18-11/h2,5-7,13H,3-4,16H2,1H3. The molecule has 4 nitrogen and oxygen atoms in total. The first-order valence-electron chi connectivity index (χ1n) is 6.16. The minimum Gasteiger partial charge on any atom is -0.496 e. The number of methoxy groups -OCH3 is 1. The first-order chi connectivity index (χ1) is 9.70. The van der Waals surface area contributed by atoms with Crippen molar-refractivity contribution >= 4 is 22.9 Å². The molecule has 0 radical (unpaired) electrons. The first-order valence-corrected chi connectivity index (χ1v) is 7.42. The molecule has 6 heteroatoms. The minimum absolute atomic E-state index is 0.353. The molecule has 0 spiro atoms. The van der Waals surface area contributed by atoms with Crippen LogP contribution in [0.5, 0.6) is 17.2 Å². The molecule has 0 aliphatic carbocycles. The number of fused-ring (bicyclic) bond motifs is 1. The molecule has 2 heterocycles. The lowest BCUT2D eigenvalue weighted by Crippen LogP contribution is -2.17. The van der Waals surface area contributed by atoms with E-state index in [0.717, 1.165) is 16.2 Å². The Hall–Kier alpha value is -1.43. The van der Waals surface area contributed by atoms with Crippen LogP contribution in [0.1, 0.15) is 16.5 Å². The quantitative estimate of drug-likeness (QED) is 0.945. The molecule has 0 fully saturated rings. The Balaban J connectivity index is 2.01. The largest absolute Gasteiger partial charge is 0.496 e. The third kappa shape index (κ3) is 2.32. The molecule has 0 amide bonds. The summed E-state index contributed by atoms with van der Waals surface area (Å²) in [7, 11) is 1.63. The Morgan fingerprint density at radius 3 is 2.70 bits per heavy atom. The third-order valence-corrected chi connectivity index (χ3v) is 4.46. The second-order valence-corrected chi connectivity index (χ2v) is 5.70. The van der Waals surface area contributed by atoms with Crippen LogP contribution >= 0.6 is 22.9 Å². The molecular formula is C14H14ClNO3S. The van der Waals surface area contributed by atoms with Gasteiger partial charge in [-0.2, -0.15) is 0 Å². The maximum atomic E-state index is 6.32. The van der Waals surface area contributed by atoms with Crippen LogP contribution in [0.15, 0.2) is 23.6 Å². The fourth-order valence-corrected chi connectivity index (χ4v) is 3.31. The lowest BCUT2D eigenvalue weighted by Gasteiger charge is -2.21. The Kier molecular flexibility index (Phi) is 3.74.